The fourth-order valence-electron chi connectivity index (χ4n) is 1.41. The van der Waals surface area contributed by atoms with Crippen LogP contribution in [0.15, 0.2) is 24.3 Å². The van der Waals surface area contributed by atoms with Crippen molar-refractivity contribution in [2.24, 2.45) is 0 Å². The Morgan fingerprint density at radius 3 is 2.22 bits per heavy atom. The van der Waals surface area contributed by atoms with Gasteiger partial charge in [0.2, 0.25) is 0 Å². The molecule has 102 valence electrons. The summed E-state index contributed by atoms with van der Waals surface area (Å²) in [5, 5.41) is 9.70. The number of ether oxygens (including phenoxy) is 2. The monoisotopic (exact) mass is 260 g/mol. The molecule has 0 amide bonds. The van der Waals surface area contributed by atoms with E-state index in [9.17, 15) is 13.9 Å². The highest BCUT2D eigenvalue weighted by Gasteiger charge is 2.10. The molecule has 0 bridgehead atoms. The molecular weight excluding hydrogens is 242 g/mol. The predicted octanol–water partition coefficient (Wildman–Crippen LogP) is 2.79. The molecule has 1 unspecified atom stereocenters. The fraction of sp³-hybridized carbons (Fsp3) is 0.538. The Kier molecular flexibility index (Phi) is 6.01. The van der Waals surface area contributed by atoms with E-state index in [2.05, 4.69) is 4.74 Å². The highest BCUT2D eigenvalue weighted by Crippen LogP contribution is 2.19. The molecule has 0 aliphatic heterocycles. The van der Waals surface area contributed by atoms with Gasteiger partial charge in [-0.3, -0.25) is 0 Å². The van der Waals surface area contributed by atoms with E-state index in [1.807, 2.05) is 13.8 Å². The van der Waals surface area contributed by atoms with Gasteiger partial charge in [-0.15, -0.1) is 0 Å². The van der Waals surface area contributed by atoms with Gasteiger partial charge in [0.1, 0.15) is 18.5 Å². The lowest BCUT2D eigenvalue weighted by atomic mass is 10.1. The third-order valence-electron chi connectivity index (χ3n) is 2.16. The van der Waals surface area contributed by atoms with Gasteiger partial charge in [-0.05, 0) is 31.5 Å². The van der Waals surface area contributed by atoms with Crippen LogP contribution in [0.25, 0.3) is 0 Å². The standard InChI is InChI=1S/C13H18F2O3/c1-9(2)18-11-5-3-10(4-6-11)12(16)7-17-8-13(14)15/h3-6,9,12-13,16H,7-8H2,1-2H3. The average Bonchev–Trinajstić information content (AvgIpc) is 2.28. The molecule has 0 heterocycles. The Morgan fingerprint density at radius 2 is 1.72 bits per heavy atom. The summed E-state index contributed by atoms with van der Waals surface area (Å²) in [4.78, 5) is 0. The quantitative estimate of drug-likeness (QED) is 0.819. The molecule has 1 atom stereocenters. The number of hydrogen-bond acceptors (Lipinski definition) is 3. The van der Waals surface area contributed by atoms with E-state index < -0.39 is 19.1 Å². The lowest BCUT2D eigenvalue weighted by Gasteiger charge is -2.13. The summed E-state index contributed by atoms with van der Waals surface area (Å²) in [7, 11) is 0. The maximum Gasteiger partial charge on any atom is 0.261 e. The van der Waals surface area contributed by atoms with E-state index in [0.717, 1.165) is 0 Å². The Morgan fingerprint density at radius 1 is 1.11 bits per heavy atom. The summed E-state index contributed by atoms with van der Waals surface area (Å²) >= 11 is 0. The van der Waals surface area contributed by atoms with Crippen molar-refractivity contribution in [3.8, 4) is 5.75 Å². The molecule has 3 nitrogen and oxygen atoms in total. The second kappa shape index (κ2) is 7.28. The van der Waals surface area contributed by atoms with Gasteiger partial charge in [0.25, 0.3) is 6.43 Å². The minimum absolute atomic E-state index is 0.0788. The van der Waals surface area contributed by atoms with Gasteiger partial charge < -0.3 is 14.6 Å². The number of aliphatic hydroxyl groups is 1. The third kappa shape index (κ3) is 5.42. The lowest BCUT2D eigenvalue weighted by molar-refractivity contribution is -0.0204. The smallest absolute Gasteiger partial charge is 0.261 e. The van der Waals surface area contributed by atoms with E-state index in [-0.39, 0.29) is 12.7 Å². The summed E-state index contributed by atoms with van der Waals surface area (Å²) in [5.41, 5.74) is 0.611. The van der Waals surface area contributed by atoms with Crippen LogP contribution in [0.5, 0.6) is 5.75 Å². The minimum atomic E-state index is -2.51. The van der Waals surface area contributed by atoms with Crippen LogP contribution in [0.4, 0.5) is 8.78 Å². The van der Waals surface area contributed by atoms with Gasteiger partial charge >= 0.3 is 0 Å². The maximum atomic E-state index is 11.8. The maximum absolute atomic E-state index is 11.8. The summed E-state index contributed by atoms with van der Waals surface area (Å²) in [5.74, 6) is 0.703. The molecule has 1 aromatic carbocycles. The first-order valence-corrected chi connectivity index (χ1v) is 5.79. The molecular formula is C13H18F2O3. The molecule has 18 heavy (non-hydrogen) atoms. The molecule has 0 fully saturated rings. The first-order chi connectivity index (χ1) is 8.49. The second-order valence-electron chi connectivity index (χ2n) is 4.18. The molecule has 0 aliphatic rings. The zero-order valence-electron chi connectivity index (χ0n) is 10.5. The van der Waals surface area contributed by atoms with Crippen molar-refractivity contribution in [2.45, 2.75) is 32.5 Å². The number of aliphatic hydroxyl groups excluding tert-OH is 1. The van der Waals surface area contributed by atoms with Crippen molar-refractivity contribution < 1.29 is 23.4 Å². The van der Waals surface area contributed by atoms with Crippen molar-refractivity contribution in [3.05, 3.63) is 29.8 Å². The van der Waals surface area contributed by atoms with Gasteiger partial charge in [-0.2, -0.15) is 0 Å². The van der Waals surface area contributed by atoms with Crippen LogP contribution < -0.4 is 4.74 Å². The van der Waals surface area contributed by atoms with Crippen LogP contribution >= 0.6 is 0 Å². The Bertz CT molecular complexity index is 339. The van der Waals surface area contributed by atoms with E-state index in [4.69, 9.17) is 4.74 Å². The number of alkyl halides is 2. The van der Waals surface area contributed by atoms with E-state index in [1.54, 1.807) is 24.3 Å². The van der Waals surface area contributed by atoms with E-state index in [0.29, 0.717) is 11.3 Å². The summed E-state index contributed by atoms with van der Waals surface area (Å²) in [6.45, 7) is 3.03. The molecule has 0 spiro atoms. The summed E-state index contributed by atoms with van der Waals surface area (Å²) in [6, 6.07) is 6.83. The predicted molar refractivity (Wildman–Crippen MR) is 64.0 cm³/mol. The molecule has 1 rings (SSSR count). The first-order valence-electron chi connectivity index (χ1n) is 5.79. The molecule has 1 N–H and O–H groups in total. The van der Waals surface area contributed by atoms with Crippen molar-refractivity contribution in [1.82, 2.24) is 0 Å². The summed E-state index contributed by atoms with van der Waals surface area (Å²) < 4.78 is 33.8. The zero-order chi connectivity index (χ0) is 13.5. The third-order valence-corrected chi connectivity index (χ3v) is 2.16. The Labute approximate surface area is 105 Å². The molecule has 0 saturated heterocycles. The van der Waals surface area contributed by atoms with E-state index in [1.165, 1.54) is 0 Å². The van der Waals surface area contributed by atoms with Crippen molar-refractivity contribution in [1.29, 1.82) is 0 Å². The zero-order valence-corrected chi connectivity index (χ0v) is 10.5. The van der Waals surface area contributed by atoms with Crippen molar-refractivity contribution >= 4 is 0 Å². The van der Waals surface area contributed by atoms with Crippen LogP contribution in [0, 0.1) is 0 Å². The largest absolute Gasteiger partial charge is 0.491 e. The second-order valence-corrected chi connectivity index (χ2v) is 4.18. The Hall–Kier alpha value is -1.20. The SMILES string of the molecule is CC(C)Oc1ccc(C(O)COCC(F)F)cc1. The average molecular weight is 260 g/mol. The Balaban J connectivity index is 2.46. The topological polar surface area (TPSA) is 38.7 Å². The fourth-order valence-corrected chi connectivity index (χ4v) is 1.41. The van der Waals surface area contributed by atoms with Gasteiger partial charge in [0.05, 0.1) is 12.7 Å². The number of halogens is 2. The minimum Gasteiger partial charge on any atom is -0.491 e. The molecule has 0 aromatic heterocycles. The van der Waals surface area contributed by atoms with Gasteiger partial charge in [-0.25, -0.2) is 8.78 Å². The van der Waals surface area contributed by atoms with Crippen LogP contribution in [0.1, 0.15) is 25.5 Å². The molecule has 0 aliphatic carbocycles. The summed E-state index contributed by atoms with van der Waals surface area (Å²) in [6.07, 6.45) is -3.34. The van der Waals surface area contributed by atoms with Crippen LogP contribution in [0.2, 0.25) is 0 Å². The van der Waals surface area contributed by atoms with Gasteiger partial charge in [0, 0.05) is 0 Å². The first kappa shape index (κ1) is 14.9. The molecule has 1 aromatic rings. The lowest BCUT2D eigenvalue weighted by Crippen LogP contribution is -2.12. The van der Waals surface area contributed by atoms with Crippen LogP contribution in [-0.4, -0.2) is 30.8 Å². The van der Waals surface area contributed by atoms with Crippen molar-refractivity contribution in [2.75, 3.05) is 13.2 Å². The number of benzene rings is 1. The van der Waals surface area contributed by atoms with Gasteiger partial charge in [0.15, 0.2) is 0 Å². The van der Waals surface area contributed by atoms with Crippen LogP contribution in [0.3, 0.4) is 0 Å². The molecule has 0 radical (unpaired) electrons. The van der Waals surface area contributed by atoms with Crippen molar-refractivity contribution in [3.63, 3.8) is 0 Å². The van der Waals surface area contributed by atoms with Gasteiger partial charge in [-0.1, -0.05) is 12.1 Å². The highest BCUT2D eigenvalue weighted by atomic mass is 19.3. The molecule has 5 heteroatoms. The van der Waals surface area contributed by atoms with E-state index >= 15 is 0 Å². The highest BCUT2D eigenvalue weighted by molar-refractivity contribution is 5.28. The molecule has 0 saturated carbocycles. The number of hydrogen-bond donors (Lipinski definition) is 1. The van der Waals surface area contributed by atoms with Crippen LogP contribution in [-0.2, 0) is 4.74 Å². The number of rotatable bonds is 7. The normalized spacial score (nSPS) is 13.1.